The summed E-state index contributed by atoms with van der Waals surface area (Å²) in [6.07, 6.45) is 0.275. The number of hydrogen-bond acceptors (Lipinski definition) is 6. The zero-order chi connectivity index (χ0) is 19.5. The van der Waals surface area contributed by atoms with Crippen molar-refractivity contribution in [3.05, 3.63) is 63.5 Å². The standard InChI is InChI=1S/C20H15ClN2O3S2/c21-18-9-8-17(27-18)14(24)6-10-19(25)22-11-12-5-7-15(26-12)20-23-13-3-1-2-4-16(13)28-20/h1-5,7-9H,6,10-11H2,(H,22,25). The fourth-order valence-corrected chi connectivity index (χ4v) is 4.59. The maximum atomic E-state index is 12.0. The van der Waals surface area contributed by atoms with Gasteiger partial charge in [-0.2, -0.15) is 0 Å². The predicted octanol–water partition coefficient (Wildman–Crippen LogP) is 5.55. The lowest BCUT2D eigenvalue weighted by atomic mass is 10.2. The van der Waals surface area contributed by atoms with Crippen LogP contribution in [0.5, 0.6) is 0 Å². The van der Waals surface area contributed by atoms with Crippen LogP contribution in [0.15, 0.2) is 52.9 Å². The summed E-state index contributed by atoms with van der Waals surface area (Å²) in [7, 11) is 0. The van der Waals surface area contributed by atoms with Crippen LogP contribution in [0.4, 0.5) is 0 Å². The average molecular weight is 431 g/mol. The van der Waals surface area contributed by atoms with E-state index in [9.17, 15) is 9.59 Å². The van der Waals surface area contributed by atoms with Crippen LogP contribution in [-0.2, 0) is 11.3 Å². The number of ketones is 1. The maximum Gasteiger partial charge on any atom is 0.220 e. The van der Waals surface area contributed by atoms with Gasteiger partial charge in [-0.15, -0.1) is 22.7 Å². The van der Waals surface area contributed by atoms with E-state index in [1.807, 2.05) is 36.4 Å². The van der Waals surface area contributed by atoms with Gasteiger partial charge < -0.3 is 9.73 Å². The minimum absolute atomic E-state index is 0.0804. The molecule has 142 valence electrons. The van der Waals surface area contributed by atoms with Crippen LogP contribution >= 0.6 is 34.3 Å². The molecule has 0 radical (unpaired) electrons. The summed E-state index contributed by atoms with van der Waals surface area (Å²) in [5.41, 5.74) is 0.936. The van der Waals surface area contributed by atoms with E-state index in [0.29, 0.717) is 20.7 Å². The smallest absolute Gasteiger partial charge is 0.220 e. The summed E-state index contributed by atoms with van der Waals surface area (Å²) in [4.78, 5) is 29.2. The second-order valence-corrected chi connectivity index (χ2v) is 8.80. The van der Waals surface area contributed by atoms with E-state index in [4.69, 9.17) is 16.0 Å². The number of carbonyl (C=O) groups excluding carboxylic acids is 2. The van der Waals surface area contributed by atoms with Gasteiger partial charge in [0.2, 0.25) is 5.91 Å². The average Bonchev–Trinajstić information content (AvgIpc) is 3.42. The van der Waals surface area contributed by atoms with E-state index < -0.39 is 0 Å². The number of fused-ring (bicyclic) bond motifs is 1. The van der Waals surface area contributed by atoms with Crippen molar-refractivity contribution in [1.82, 2.24) is 10.3 Å². The lowest BCUT2D eigenvalue weighted by molar-refractivity contribution is -0.121. The number of thiophene rings is 1. The molecule has 4 aromatic rings. The van der Waals surface area contributed by atoms with Crippen LogP contribution in [0.2, 0.25) is 4.34 Å². The number of Topliss-reactive ketones (excluding diaryl/α,β-unsaturated/α-hetero) is 1. The molecule has 0 aliphatic carbocycles. The van der Waals surface area contributed by atoms with Crippen LogP contribution < -0.4 is 5.32 Å². The van der Waals surface area contributed by atoms with Gasteiger partial charge in [-0.1, -0.05) is 23.7 Å². The van der Waals surface area contributed by atoms with Gasteiger partial charge in [0.15, 0.2) is 16.6 Å². The van der Waals surface area contributed by atoms with Crippen molar-refractivity contribution in [3.63, 3.8) is 0 Å². The Morgan fingerprint density at radius 1 is 1.04 bits per heavy atom. The van der Waals surface area contributed by atoms with Gasteiger partial charge in [0.05, 0.1) is 26.0 Å². The summed E-state index contributed by atoms with van der Waals surface area (Å²) in [6.45, 7) is 0.267. The lowest BCUT2D eigenvalue weighted by Gasteiger charge is -2.02. The fraction of sp³-hybridized carbons (Fsp3) is 0.150. The molecule has 1 amide bonds. The van der Waals surface area contributed by atoms with Gasteiger partial charge in [-0.3, -0.25) is 9.59 Å². The monoisotopic (exact) mass is 430 g/mol. The van der Waals surface area contributed by atoms with E-state index in [1.54, 1.807) is 23.5 Å². The van der Waals surface area contributed by atoms with Crippen LogP contribution in [0.1, 0.15) is 28.3 Å². The van der Waals surface area contributed by atoms with Crippen molar-refractivity contribution in [2.75, 3.05) is 0 Å². The number of halogens is 1. The molecular formula is C20H15ClN2O3S2. The predicted molar refractivity (Wildman–Crippen MR) is 112 cm³/mol. The number of thiazole rings is 1. The number of nitrogens with zero attached hydrogens (tertiary/aromatic N) is 1. The van der Waals surface area contributed by atoms with Gasteiger partial charge in [-0.25, -0.2) is 4.98 Å². The molecule has 5 nitrogen and oxygen atoms in total. The van der Waals surface area contributed by atoms with Crippen molar-refractivity contribution in [3.8, 4) is 10.8 Å². The number of amides is 1. The highest BCUT2D eigenvalue weighted by molar-refractivity contribution is 7.21. The van der Waals surface area contributed by atoms with Gasteiger partial charge in [0.25, 0.3) is 0 Å². The normalized spacial score (nSPS) is 11.0. The third kappa shape index (κ3) is 4.32. The number of nitrogens with one attached hydrogen (secondary N) is 1. The number of furan rings is 1. The number of rotatable bonds is 7. The maximum absolute atomic E-state index is 12.0. The number of benzene rings is 1. The highest BCUT2D eigenvalue weighted by Gasteiger charge is 2.13. The summed E-state index contributed by atoms with van der Waals surface area (Å²) >= 11 is 8.61. The largest absolute Gasteiger partial charge is 0.457 e. The van der Waals surface area contributed by atoms with E-state index in [1.165, 1.54) is 11.3 Å². The zero-order valence-electron chi connectivity index (χ0n) is 14.6. The Bertz CT molecular complexity index is 1110. The Morgan fingerprint density at radius 3 is 2.68 bits per heavy atom. The molecule has 0 bridgehead atoms. The molecule has 4 rings (SSSR count). The third-order valence-electron chi connectivity index (χ3n) is 4.05. The molecule has 0 saturated heterocycles. The molecule has 3 heterocycles. The molecule has 1 aromatic carbocycles. The summed E-state index contributed by atoms with van der Waals surface area (Å²) in [6, 6.07) is 14.9. The molecule has 0 fully saturated rings. The van der Waals surface area contributed by atoms with Crippen LogP contribution in [-0.4, -0.2) is 16.7 Å². The van der Waals surface area contributed by atoms with Crippen molar-refractivity contribution < 1.29 is 14.0 Å². The third-order valence-corrected chi connectivity index (χ3v) is 6.38. The molecule has 0 aliphatic heterocycles. The van der Waals surface area contributed by atoms with E-state index in [0.717, 1.165) is 15.2 Å². The second-order valence-electron chi connectivity index (χ2n) is 6.06. The van der Waals surface area contributed by atoms with Crippen LogP contribution in [0.25, 0.3) is 21.0 Å². The summed E-state index contributed by atoms with van der Waals surface area (Å²) < 4.78 is 7.46. The summed E-state index contributed by atoms with van der Waals surface area (Å²) in [5.74, 6) is 1.03. The topological polar surface area (TPSA) is 72.2 Å². The minimum atomic E-state index is -0.200. The van der Waals surface area contributed by atoms with Crippen LogP contribution in [0.3, 0.4) is 0 Å². The SMILES string of the molecule is O=C(CCC(=O)c1ccc(Cl)s1)NCc1ccc(-c2nc3ccccc3s2)o1. The quantitative estimate of drug-likeness (QED) is 0.390. The summed E-state index contributed by atoms with van der Waals surface area (Å²) in [5, 5.41) is 3.58. The molecular weight excluding hydrogens is 416 g/mol. The van der Waals surface area contributed by atoms with E-state index in [-0.39, 0.29) is 31.1 Å². The van der Waals surface area contributed by atoms with Crippen molar-refractivity contribution in [2.45, 2.75) is 19.4 Å². The molecule has 0 atom stereocenters. The molecule has 8 heteroatoms. The molecule has 0 saturated carbocycles. The first-order valence-corrected chi connectivity index (χ1v) is 10.6. The van der Waals surface area contributed by atoms with Crippen molar-refractivity contribution in [2.24, 2.45) is 0 Å². The number of carbonyl (C=O) groups is 2. The fourth-order valence-electron chi connectivity index (χ4n) is 2.65. The Labute approximate surface area is 174 Å². The highest BCUT2D eigenvalue weighted by Crippen LogP contribution is 2.31. The van der Waals surface area contributed by atoms with Crippen molar-refractivity contribution >= 4 is 56.2 Å². The molecule has 0 aliphatic rings. The van der Waals surface area contributed by atoms with Gasteiger partial charge in [-0.05, 0) is 36.4 Å². The first kappa shape index (κ1) is 18.9. The Hall–Kier alpha value is -2.48. The molecule has 0 spiro atoms. The zero-order valence-corrected chi connectivity index (χ0v) is 17.0. The number of hydrogen-bond donors (Lipinski definition) is 1. The lowest BCUT2D eigenvalue weighted by Crippen LogP contribution is -2.22. The van der Waals surface area contributed by atoms with Crippen molar-refractivity contribution in [1.29, 1.82) is 0 Å². The molecule has 1 N–H and O–H groups in total. The number of aromatic nitrogens is 1. The molecule has 3 aromatic heterocycles. The van der Waals surface area contributed by atoms with Gasteiger partial charge in [0.1, 0.15) is 5.76 Å². The van der Waals surface area contributed by atoms with Gasteiger partial charge in [0, 0.05) is 12.8 Å². The molecule has 28 heavy (non-hydrogen) atoms. The number of para-hydroxylation sites is 1. The first-order valence-electron chi connectivity index (χ1n) is 8.58. The molecule has 0 unspecified atom stereocenters. The first-order chi connectivity index (χ1) is 13.6. The highest BCUT2D eigenvalue weighted by atomic mass is 35.5. The Morgan fingerprint density at radius 2 is 1.89 bits per heavy atom. The van der Waals surface area contributed by atoms with E-state index in [2.05, 4.69) is 10.3 Å². The Balaban J connectivity index is 1.30. The Kier molecular flexibility index (Phi) is 5.57. The van der Waals surface area contributed by atoms with Crippen LogP contribution in [0, 0.1) is 0 Å². The second kappa shape index (κ2) is 8.26. The minimum Gasteiger partial charge on any atom is -0.457 e. The van der Waals surface area contributed by atoms with E-state index >= 15 is 0 Å². The van der Waals surface area contributed by atoms with Gasteiger partial charge >= 0.3 is 0 Å².